The molecule has 142 valence electrons. The van der Waals surface area contributed by atoms with Gasteiger partial charge in [0.05, 0.1) is 5.69 Å². The molecule has 1 aromatic carbocycles. The Kier molecular flexibility index (Phi) is 4.35. The molecule has 4 rings (SSSR count). The summed E-state index contributed by atoms with van der Waals surface area (Å²) in [5.41, 5.74) is -0.0518. The van der Waals surface area contributed by atoms with E-state index in [1.807, 2.05) is 6.07 Å². The van der Waals surface area contributed by atoms with Crippen LogP contribution in [0.2, 0.25) is 0 Å². The lowest BCUT2D eigenvalue weighted by Gasteiger charge is -2.06. The van der Waals surface area contributed by atoms with E-state index < -0.39 is 17.8 Å². The van der Waals surface area contributed by atoms with Crippen LogP contribution in [0.15, 0.2) is 41.7 Å². The first kappa shape index (κ1) is 18.1. The maximum Gasteiger partial charge on any atom is 0.435 e. The molecule has 0 atom stereocenters. The fourth-order valence-electron chi connectivity index (χ4n) is 2.74. The van der Waals surface area contributed by atoms with Gasteiger partial charge in [-0.25, -0.2) is 9.67 Å². The molecular weight excluding hydrogens is 393 g/mol. The molecule has 0 radical (unpaired) electrons. The number of aromatic nitrogens is 4. The van der Waals surface area contributed by atoms with Gasteiger partial charge in [0.25, 0.3) is 5.91 Å². The number of anilines is 1. The van der Waals surface area contributed by atoms with E-state index in [1.165, 1.54) is 42.2 Å². The first-order valence-electron chi connectivity index (χ1n) is 8.05. The van der Waals surface area contributed by atoms with Crippen LogP contribution in [-0.2, 0) is 12.7 Å². The highest BCUT2D eigenvalue weighted by Crippen LogP contribution is 2.30. The molecule has 0 unspecified atom stereocenters. The molecular formula is C17H11F3N6OS. The summed E-state index contributed by atoms with van der Waals surface area (Å²) in [6.45, 7) is 0.657. The minimum Gasteiger partial charge on any atom is -0.308 e. The molecule has 0 fully saturated rings. The quantitative estimate of drug-likeness (QED) is 0.724. The van der Waals surface area contributed by atoms with Crippen molar-refractivity contribution in [2.75, 3.05) is 11.1 Å². The number of nitrogens with one attached hydrogen (secondary N) is 1. The Labute approximate surface area is 160 Å². The molecule has 7 nitrogen and oxygen atoms in total. The zero-order valence-corrected chi connectivity index (χ0v) is 14.9. The Morgan fingerprint density at radius 3 is 2.64 bits per heavy atom. The van der Waals surface area contributed by atoms with Crippen LogP contribution in [0.1, 0.15) is 21.7 Å². The fraction of sp³-hybridized carbons (Fsp3) is 0.176. The van der Waals surface area contributed by atoms with E-state index >= 15 is 0 Å². The lowest BCUT2D eigenvalue weighted by Crippen LogP contribution is -2.14. The minimum absolute atomic E-state index is 0.195. The van der Waals surface area contributed by atoms with Crippen LogP contribution in [0, 0.1) is 11.3 Å². The molecule has 0 saturated carbocycles. The lowest BCUT2D eigenvalue weighted by atomic mass is 10.2. The average Bonchev–Trinajstić information content (AvgIpc) is 3.37. The van der Waals surface area contributed by atoms with Crippen molar-refractivity contribution in [2.45, 2.75) is 17.9 Å². The van der Waals surface area contributed by atoms with Crippen molar-refractivity contribution in [1.82, 2.24) is 19.3 Å². The topological polar surface area (TPSA) is 88.5 Å². The number of amides is 1. The highest BCUT2D eigenvalue weighted by molar-refractivity contribution is 7.99. The molecule has 0 saturated heterocycles. The van der Waals surface area contributed by atoms with Crippen molar-refractivity contribution < 1.29 is 18.0 Å². The summed E-state index contributed by atoms with van der Waals surface area (Å²) in [4.78, 5) is 16.7. The van der Waals surface area contributed by atoms with Gasteiger partial charge in [-0.05, 0) is 30.3 Å². The fourth-order valence-corrected chi connectivity index (χ4v) is 3.69. The molecule has 1 aliphatic rings. The maximum atomic E-state index is 12.7. The summed E-state index contributed by atoms with van der Waals surface area (Å²) in [7, 11) is 0. The predicted octanol–water partition coefficient (Wildman–Crippen LogP) is 3.32. The molecule has 0 aliphatic carbocycles. The van der Waals surface area contributed by atoms with Gasteiger partial charge < -0.3 is 9.88 Å². The summed E-state index contributed by atoms with van der Waals surface area (Å²) in [6, 6.07) is 8.81. The number of hydrogen-bond acceptors (Lipinski definition) is 5. The van der Waals surface area contributed by atoms with Crippen LogP contribution in [0.3, 0.4) is 0 Å². The van der Waals surface area contributed by atoms with Gasteiger partial charge in [-0.15, -0.1) is 0 Å². The van der Waals surface area contributed by atoms with Gasteiger partial charge in [0, 0.05) is 24.1 Å². The van der Waals surface area contributed by atoms with Crippen LogP contribution >= 0.6 is 11.8 Å². The third kappa shape index (κ3) is 3.22. The smallest absolute Gasteiger partial charge is 0.308 e. The number of nitriles is 1. The predicted molar refractivity (Wildman–Crippen MR) is 94.2 cm³/mol. The second-order valence-electron chi connectivity index (χ2n) is 5.85. The van der Waals surface area contributed by atoms with Crippen molar-refractivity contribution >= 4 is 23.5 Å². The third-order valence-electron chi connectivity index (χ3n) is 4.09. The van der Waals surface area contributed by atoms with E-state index in [9.17, 15) is 23.2 Å². The monoisotopic (exact) mass is 404 g/mol. The summed E-state index contributed by atoms with van der Waals surface area (Å²) < 4.78 is 40.8. The van der Waals surface area contributed by atoms with Crippen LogP contribution in [0.4, 0.5) is 19.0 Å². The van der Waals surface area contributed by atoms with E-state index in [1.54, 1.807) is 4.57 Å². The largest absolute Gasteiger partial charge is 0.435 e. The first-order chi connectivity index (χ1) is 13.4. The van der Waals surface area contributed by atoms with Crippen molar-refractivity contribution in [3.05, 3.63) is 53.5 Å². The maximum absolute atomic E-state index is 12.7. The van der Waals surface area contributed by atoms with Gasteiger partial charge in [-0.1, -0.05) is 11.8 Å². The SMILES string of the molecule is N#Cc1c(NC(=O)c2ccc(-n3ccc(C(F)(F)F)n3)cc2)nc2n1CCS2. The van der Waals surface area contributed by atoms with Crippen LogP contribution in [0.25, 0.3) is 5.69 Å². The number of hydrogen-bond donors (Lipinski definition) is 1. The number of benzene rings is 1. The molecule has 0 spiro atoms. The molecule has 3 heterocycles. The van der Waals surface area contributed by atoms with Gasteiger partial charge >= 0.3 is 6.18 Å². The molecule has 28 heavy (non-hydrogen) atoms. The first-order valence-corrected chi connectivity index (χ1v) is 9.03. The van der Waals surface area contributed by atoms with E-state index in [0.29, 0.717) is 23.1 Å². The van der Waals surface area contributed by atoms with Gasteiger partial charge in [-0.2, -0.15) is 23.5 Å². The number of alkyl halides is 3. The van der Waals surface area contributed by atoms with Crippen molar-refractivity contribution in [1.29, 1.82) is 5.26 Å². The van der Waals surface area contributed by atoms with E-state index in [0.717, 1.165) is 16.5 Å². The summed E-state index contributed by atoms with van der Waals surface area (Å²) in [5, 5.41) is 16.1. The van der Waals surface area contributed by atoms with E-state index in [4.69, 9.17) is 0 Å². The van der Waals surface area contributed by atoms with Gasteiger partial charge in [-0.3, -0.25) is 4.79 Å². The van der Waals surface area contributed by atoms with Gasteiger partial charge in [0.2, 0.25) is 0 Å². The van der Waals surface area contributed by atoms with Crippen LogP contribution in [0.5, 0.6) is 0 Å². The highest BCUT2D eigenvalue weighted by atomic mass is 32.2. The van der Waals surface area contributed by atoms with Gasteiger partial charge in [0.1, 0.15) is 6.07 Å². The zero-order chi connectivity index (χ0) is 19.9. The number of rotatable bonds is 3. The molecule has 11 heteroatoms. The normalized spacial score (nSPS) is 13.2. The summed E-state index contributed by atoms with van der Waals surface area (Å²) >= 11 is 1.50. The van der Waals surface area contributed by atoms with Gasteiger partial charge in [0.15, 0.2) is 22.4 Å². The molecule has 3 aromatic rings. The number of imidazole rings is 1. The molecule has 2 aromatic heterocycles. The van der Waals surface area contributed by atoms with Crippen molar-refractivity contribution in [3.63, 3.8) is 0 Å². The lowest BCUT2D eigenvalue weighted by molar-refractivity contribution is -0.141. The molecule has 1 N–H and O–H groups in total. The average molecular weight is 404 g/mol. The van der Waals surface area contributed by atoms with Crippen LogP contribution < -0.4 is 5.32 Å². The number of halogens is 3. The number of thioether (sulfide) groups is 1. The van der Waals surface area contributed by atoms with E-state index in [2.05, 4.69) is 15.4 Å². The number of nitrogens with zero attached hydrogens (tertiary/aromatic N) is 5. The second kappa shape index (κ2) is 6.72. The summed E-state index contributed by atoms with van der Waals surface area (Å²) in [5.74, 6) is 0.554. The van der Waals surface area contributed by atoms with Crippen LogP contribution in [-0.4, -0.2) is 31.0 Å². The third-order valence-corrected chi connectivity index (χ3v) is 5.05. The second-order valence-corrected chi connectivity index (χ2v) is 6.91. The molecule has 1 amide bonds. The Morgan fingerprint density at radius 2 is 2.00 bits per heavy atom. The van der Waals surface area contributed by atoms with Crippen molar-refractivity contribution in [3.8, 4) is 11.8 Å². The molecule has 0 bridgehead atoms. The van der Waals surface area contributed by atoms with E-state index in [-0.39, 0.29) is 11.4 Å². The Bertz CT molecular complexity index is 1090. The number of carbonyl (C=O) groups excluding carboxylic acids is 1. The summed E-state index contributed by atoms with van der Waals surface area (Å²) in [6.07, 6.45) is -3.33. The number of fused-ring (bicyclic) bond motifs is 1. The molecule has 1 aliphatic heterocycles. The van der Waals surface area contributed by atoms with Crippen molar-refractivity contribution in [2.24, 2.45) is 0 Å². The standard InChI is InChI=1S/C17H11F3N6OS/c18-17(19,20)13-5-6-26(24-13)11-3-1-10(2-4-11)15(27)22-14-12(9-21)25-7-8-28-16(25)23-14/h1-6H,7-8H2,(H,22,27). The Morgan fingerprint density at radius 1 is 1.25 bits per heavy atom. The Balaban J connectivity index is 1.52. The highest BCUT2D eigenvalue weighted by Gasteiger charge is 2.33. The zero-order valence-electron chi connectivity index (χ0n) is 14.1. The number of carbonyl (C=O) groups is 1. The Hall–Kier alpha value is -3.26. The minimum atomic E-state index is -4.52.